The molecule has 0 aliphatic carbocycles. The molecule has 0 atom stereocenters. The second kappa shape index (κ2) is 4.28. The number of hydrogen-bond donors (Lipinski definition) is 0. The third kappa shape index (κ3) is 1.45. The van der Waals surface area contributed by atoms with Gasteiger partial charge in [-0.05, 0) is 17.7 Å². The van der Waals surface area contributed by atoms with Gasteiger partial charge in [0.2, 0.25) is 0 Å². The smallest absolute Gasteiger partial charge is 0.114 e. The molecule has 1 aliphatic rings. The molecule has 3 nitrogen and oxygen atoms in total. The molecular formula is C19H12N2O. The van der Waals surface area contributed by atoms with Crippen LogP contribution in [0.25, 0.3) is 38.7 Å². The number of hydrogen-bond acceptors (Lipinski definition) is 3. The van der Waals surface area contributed by atoms with Crippen LogP contribution in [-0.2, 0) is 11.3 Å². The van der Waals surface area contributed by atoms with Gasteiger partial charge in [0.1, 0.15) is 6.61 Å². The summed E-state index contributed by atoms with van der Waals surface area (Å²) in [5, 5.41) is 4.60. The Labute approximate surface area is 126 Å². The lowest BCUT2D eigenvalue weighted by Crippen LogP contribution is -2.00. The molecular weight excluding hydrogens is 272 g/mol. The predicted molar refractivity (Wildman–Crippen MR) is 88.4 cm³/mol. The number of nitrogens with zero attached hydrogens (tertiary/aromatic N) is 2. The molecule has 0 radical (unpaired) electrons. The summed E-state index contributed by atoms with van der Waals surface area (Å²) in [6, 6.07) is 12.4. The normalized spacial score (nSPS) is 13.5. The van der Waals surface area contributed by atoms with E-state index in [1.807, 2.05) is 24.5 Å². The molecule has 0 amide bonds. The van der Waals surface area contributed by atoms with E-state index in [1.165, 1.54) is 10.9 Å². The summed E-state index contributed by atoms with van der Waals surface area (Å²) in [6.45, 7) is 0.573. The van der Waals surface area contributed by atoms with Crippen molar-refractivity contribution >= 4 is 38.7 Å². The molecule has 0 N–H and O–H groups in total. The summed E-state index contributed by atoms with van der Waals surface area (Å²) >= 11 is 0. The minimum atomic E-state index is 0.573. The van der Waals surface area contributed by atoms with Crippen LogP contribution >= 0.6 is 0 Å². The average molecular weight is 284 g/mol. The number of fused-ring (bicyclic) bond motifs is 8. The third-order valence-corrected chi connectivity index (χ3v) is 4.29. The highest BCUT2D eigenvalue weighted by atomic mass is 16.5. The molecule has 0 saturated carbocycles. The van der Waals surface area contributed by atoms with E-state index in [4.69, 9.17) is 9.72 Å². The predicted octanol–water partition coefficient (Wildman–Crippen LogP) is 4.44. The Balaban J connectivity index is 2.16. The van der Waals surface area contributed by atoms with E-state index in [-0.39, 0.29) is 0 Å². The van der Waals surface area contributed by atoms with Gasteiger partial charge in [0.05, 0.1) is 17.3 Å². The van der Waals surface area contributed by atoms with Gasteiger partial charge < -0.3 is 4.74 Å². The Morgan fingerprint density at radius 1 is 0.864 bits per heavy atom. The lowest BCUT2D eigenvalue weighted by molar-refractivity contribution is 0.234. The number of aromatic nitrogens is 2. The Morgan fingerprint density at radius 2 is 1.68 bits per heavy atom. The maximum Gasteiger partial charge on any atom is 0.114 e. The first kappa shape index (κ1) is 11.7. The quantitative estimate of drug-likeness (QED) is 0.448. The van der Waals surface area contributed by atoms with E-state index < -0.39 is 0 Å². The molecule has 22 heavy (non-hydrogen) atoms. The van der Waals surface area contributed by atoms with Crippen LogP contribution in [0.3, 0.4) is 0 Å². The zero-order valence-electron chi connectivity index (χ0n) is 11.8. The van der Waals surface area contributed by atoms with Gasteiger partial charge in [0, 0.05) is 39.5 Å². The van der Waals surface area contributed by atoms with Crippen LogP contribution < -0.4 is 0 Å². The van der Waals surface area contributed by atoms with E-state index in [0.29, 0.717) is 6.61 Å². The first-order chi connectivity index (χ1) is 10.9. The molecule has 0 unspecified atom stereocenters. The minimum Gasteiger partial charge on any atom is -0.496 e. The number of benzene rings is 2. The van der Waals surface area contributed by atoms with Gasteiger partial charge in [0.25, 0.3) is 0 Å². The highest BCUT2D eigenvalue weighted by molar-refractivity contribution is 6.24. The van der Waals surface area contributed by atoms with E-state index in [9.17, 15) is 0 Å². The molecule has 104 valence electrons. The van der Waals surface area contributed by atoms with Crippen molar-refractivity contribution in [3.8, 4) is 0 Å². The van der Waals surface area contributed by atoms with Crippen molar-refractivity contribution < 1.29 is 4.74 Å². The van der Waals surface area contributed by atoms with E-state index in [0.717, 1.165) is 32.8 Å². The van der Waals surface area contributed by atoms with Crippen molar-refractivity contribution in [1.29, 1.82) is 0 Å². The Hall–Kier alpha value is -2.94. The number of pyridine rings is 2. The Kier molecular flexibility index (Phi) is 2.27. The van der Waals surface area contributed by atoms with E-state index >= 15 is 0 Å². The van der Waals surface area contributed by atoms with Crippen LogP contribution in [0.15, 0.2) is 55.1 Å². The largest absolute Gasteiger partial charge is 0.496 e. The Morgan fingerprint density at radius 3 is 2.59 bits per heavy atom. The van der Waals surface area contributed by atoms with Crippen molar-refractivity contribution in [2.75, 3.05) is 0 Å². The molecule has 4 aromatic rings. The van der Waals surface area contributed by atoms with Gasteiger partial charge in [-0.3, -0.25) is 9.97 Å². The van der Waals surface area contributed by atoms with Gasteiger partial charge in [-0.1, -0.05) is 30.3 Å². The highest BCUT2D eigenvalue weighted by Gasteiger charge is 2.16. The van der Waals surface area contributed by atoms with Crippen molar-refractivity contribution in [2.24, 2.45) is 0 Å². The summed E-state index contributed by atoms with van der Waals surface area (Å²) in [4.78, 5) is 9.36. The molecule has 2 aromatic heterocycles. The minimum absolute atomic E-state index is 0.573. The molecule has 0 bridgehead atoms. The first-order valence-electron chi connectivity index (χ1n) is 7.28. The number of ether oxygens (including phenoxy) is 1. The summed E-state index contributed by atoms with van der Waals surface area (Å²) < 4.78 is 5.41. The zero-order chi connectivity index (χ0) is 14.5. The highest BCUT2D eigenvalue weighted by Crippen LogP contribution is 2.36. The van der Waals surface area contributed by atoms with Crippen LogP contribution in [0.2, 0.25) is 0 Å². The SMILES string of the molecule is C1=Cc2c(cnc3c4ccccc4c4ncccc4c23)CO1. The molecule has 2 aromatic carbocycles. The molecule has 3 heterocycles. The molecule has 0 fully saturated rings. The fourth-order valence-corrected chi connectivity index (χ4v) is 3.32. The zero-order valence-corrected chi connectivity index (χ0v) is 11.8. The molecule has 0 spiro atoms. The third-order valence-electron chi connectivity index (χ3n) is 4.29. The van der Waals surface area contributed by atoms with Crippen LogP contribution in [0.1, 0.15) is 11.1 Å². The standard InChI is InChI=1S/C19H12N2O/c1-2-5-15-14(4-1)18-16(6-3-8-20-18)17-13-7-9-22-11-12(13)10-21-19(15)17/h1-10H,11H2. The second-order valence-electron chi connectivity index (χ2n) is 5.48. The molecule has 5 rings (SSSR count). The van der Waals surface area contributed by atoms with Crippen LogP contribution in [0.5, 0.6) is 0 Å². The average Bonchev–Trinajstić information content (AvgIpc) is 2.61. The summed E-state index contributed by atoms with van der Waals surface area (Å²) in [5.41, 5.74) is 4.37. The van der Waals surface area contributed by atoms with Crippen molar-refractivity contribution in [3.05, 3.63) is 66.2 Å². The molecule has 1 aliphatic heterocycles. The monoisotopic (exact) mass is 284 g/mol. The van der Waals surface area contributed by atoms with Gasteiger partial charge >= 0.3 is 0 Å². The van der Waals surface area contributed by atoms with Crippen molar-refractivity contribution in [3.63, 3.8) is 0 Å². The lowest BCUT2D eigenvalue weighted by atomic mass is 9.95. The lowest BCUT2D eigenvalue weighted by Gasteiger charge is -2.16. The summed E-state index contributed by atoms with van der Waals surface area (Å²) in [6.07, 6.45) is 7.57. The van der Waals surface area contributed by atoms with Crippen molar-refractivity contribution in [2.45, 2.75) is 6.61 Å². The van der Waals surface area contributed by atoms with E-state index in [2.05, 4.69) is 35.3 Å². The van der Waals surface area contributed by atoms with Crippen LogP contribution in [-0.4, -0.2) is 9.97 Å². The fraction of sp³-hybridized carbons (Fsp3) is 0.0526. The van der Waals surface area contributed by atoms with Crippen LogP contribution in [0.4, 0.5) is 0 Å². The number of rotatable bonds is 0. The maximum atomic E-state index is 5.41. The first-order valence-corrected chi connectivity index (χ1v) is 7.28. The van der Waals surface area contributed by atoms with Crippen LogP contribution in [0, 0.1) is 0 Å². The second-order valence-corrected chi connectivity index (χ2v) is 5.48. The van der Waals surface area contributed by atoms with Gasteiger partial charge in [0.15, 0.2) is 0 Å². The van der Waals surface area contributed by atoms with Crippen molar-refractivity contribution in [1.82, 2.24) is 9.97 Å². The molecule has 3 heteroatoms. The fourth-order valence-electron chi connectivity index (χ4n) is 3.32. The van der Waals surface area contributed by atoms with Gasteiger partial charge in [-0.25, -0.2) is 0 Å². The van der Waals surface area contributed by atoms with Gasteiger partial charge in [-0.2, -0.15) is 0 Å². The topological polar surface area (TPSA) is 35.0 Å². The maximum absolute atomic E-state index is 5.41. The van der Waals surface area contributed by atoms with Gasteiger partial charge in [-0.15, -0.1) is 0 Å². The van der Waals surface area contributed by atoms with E-state index in [1.54, 1.807) is 6.26 Å². The Bertz CT molecular complexity index is 1050. The molecule has 0 saturated heterocycles. The summed E-state index contributed by atoms with van der Waals surface area (Å²) in [5.74, 6) is 0. The summed E-state index contributed by atoms with van der Waals surface area (Å²) in [7, 11) is 0.